The Balaban J connectivity index is 1.54. The summed E-state index contributed by atoms with van der Waals surface area (Å²) in [5.41, 5.74) is 1.67. The van der Waals surface area contributed by atoms with Gasteiger partial charge in [0.05, 0.1) is 11.9 Å². The van der Waals surface area contributed by atoms with Crippen LogP contribution in [-0.4, -0.2) is 37.4 Å². The number of carbonyl (C=O) groups is 1. The van der Waals surface area contributed by atoms with Crippen LogP contribution < -0.4 is 4.74 Å². The van der Waals surface area contributed by atoms with Crippen molar-refractivity contribution in [1.29, 1.82) is 0 Å². The third-order valence-corrected chi connectivity index (χ3v) is 5.67. The molecule has 4 rings (SSSR count). The number of nitrogens with zero attached hydrogens (tertiary/aromatic N) is 4. The maximum absolute atomic E-state index is 12.9. The number of ketones is 1. The van der Waals surface area contributed by atoms with Gasteiger partial charge in [-0.05, 0) is 63.1 Å². The van der Waals surface area contributed by atoms with E-state index in [1.807, 2.05) is 50.2 Å². The van der Waals surface area contributed by atoms with E-state index in [9.17, 15) is 4.79 Å². The van der Waals surface area contributed by atoms with E-state index in [-0.39, 0.29) is 11.0 Å². The topological polar surface area (TPSA) is 69.9 Å². The minimum Gasteiger partial charge on any atom is -0.494 e. The number of rotatable bonds is 8. The molecule has 2 heterocycles. The Morgan fingerprint density at radius 1 is 1.18 bits per heavy atom. The molecule has 0 aliphatic heterocycles. The molecule has 7 heteroatoms. The van der Waals surface area contributed by atoms with Gasteiger partial charge in [0.25, 0.3) is 0 Å². The lowest BCUT2D eigenvalue weighted by Crippen LogP contribution is -2.14. The van der Waals surface area contributed by atoms with Gasteiger partial charge in [-0.15, -0.1) is 10.2 Å². The van der Waals surface area contributed by atoms with Gasteiger partial charge in [0, 0.05) is 29.6 Å². The third kappa shape index (κ3) is 3.94. The van der Waals surface area contributed by atoms with Crippen LogP contribution in [-0.2, 0) is 0 Å². The van der Waals surface area contributed by atoms with E-state index in [0.717, 1.165) is 35.1 Å². The smallest absolute Gasteiger partial charge is 0.192 e. The molecule has 0 unspecified atom stereocenters. The molecule has 0 spiro atoms. The van der Waals surface area contributed by atoms with Crippen LogP contribution >= 0.6 is 11.8 Å². The standard InChI is InChI=1S/C21H22N4O2S/c1-3-27-18-8-4-15(5-9-18)19(26)14(2)28-21-24-23-20(25(21)17-6-7-17)16-10-12-22-13-11-16/h4-5,8-14,17H,3,6-7H2,1-2H3/t14-/m1/s1. The fourth-order valence-corrected chi connectivity index (χ4v) is 4.04. The molecule has 2 aromatic heterocycles. The Labute approximate surface area is 168 Å². The molecule has 1 aliphatic carbocycles. The lowest BCUT2D eigenvalue weighted by Gasteiger charge is -2.13. The van der Waals surface area contributed by atoms with Gasteiger partial charge in [-0.3, -0.25) is 14.3 Å². The molecule has 28 heavy (non-hydrogen) atoms. The van der Waals surface area contributed by atoms with Gasteiger partial charge in [0.15, 0.2) is 16.8 Å². The number of Topliss-reactive ketones (excluding diaryl/α,β-unsaturated/α-hetero) is 1. The SMILES string of the molecule is CCOc1ccc(C(=O)[C@@H](C)Sc2nnc(-c3ccncc3)n2C2CC2)cc1. The highest BCUT2D eigenvalue weighted by atomic mass is 32.2. The predicted octanol–water partition coefficient (Wildman–Crippen LogP) is 4.44. The number of thioether (sulfide) groups is 1. The molecule has 0 radical (unpaired) electrons. The number of pyridine rings is 1. The molecular weight excluding hydrogens is 372 g/mol. The Morgan fingerprint density at radius 3 is 2.54 bits per heavy atom. The third-order valence-electron chi connectivity index (χ3n) is 4.62. The van der Waals surface area contributed by atoms with Crippen LogP contribution in [0.25, 0.3) is 11.4 Å². The summed E-state index contributed by atoms with van der Waals surface area (Å²) in [5, 5.41) is 9.33. The number of carbonyl (C=O) groups excluding carboxylic acids is 1. The highest BCUT2D eigenvalue weighted by molar-refractivity contribution is 8.00. The van der Waals surface area contributed by atoms with E-state index in [0.29, 0.717) is 18.2 Å². The maximum atomic E-state index is 12.9. The molecule has 0 amide bonds. The summed E-state index contributed by atoms with van der Waals surface area (Å²) >= 11 is 1.46. The molecule has 144 valence electrons. The molecule has 0 N–H and O–H groups in total. The van der Waals surface area contributed by atoms with Crippen LogP contribution in [0, 0.1) is 0 Å². The van der Waals surface area contributed by atoms with Crippen molar-refractivity contribution in [3.05, 3.63) is 54.4 Å². The van der Waals surface area contributed by atoms with E-state index in [4.69, 9.17) is 4.74 Å². The molecule has 0 saturated heterocycles. The number of benzene rings is 1. The molecule has 3 aromatic rings. The summed E-state index contributed by atoms with van der Waals surface area (Å²) < 4.78 is 7.62. The van der Waals surface area contributed by atoms with Crippen LogP contribution in [0.3, 0.4) is 0 Å². The molecular formula is C21H22N4O2S. The van der Waals surface area contributed by atoms with Crippen LogP contribution in [0.4, 0.5) is 0 Å². The summed E-state index contributed by atoms with van der Waals surface area (Å²) in [7, 11) is 0. The quantitative estimate of drug-likeness (QED) is 0.416. The molecule has 1 atom stereocenters. The van der Waals surface area contributed by atoms with E-state index >= 15 is 0 Å². The van der Waals surface area contributed by atoms with E-state index in [1.54, 1.807) is 12.4 Å². The summed E-state index contributed by atoms with van der Waals surface area (Å²) in [6.07, 6.45) is 5.74. The van der Waals surface area contributed by atoms with Gasteiger partial charge in [-0.2, -0.15) is 0 Å². The first kappa shape index (κ1) is 18.7. The number of ether oxygens (including phenoxy) is 1. The molecule has 6 nitrogen and oxygen atoms in total. The largest absolute Gasteiger partial charge is 0.494 e. The van der Waals surface area contributed by atoms with E-state index in [2.05, 4.69) is 19.7 Å². The van der Waals surface area contributed by atoms with Crippen LogP contribution in [0.1, 0.15) is 43.1 Å². The Morgan fingerprint density at radius 2 is 1.89 bits per heavy atom. The summed E-state index contributed by atoms with van der Waals surface area (Å²) in [6.45, 7) is 4.46. The first-order valence-corrected chi connectivity index (χ1v) is 10.3. The van der Waals surface area contributed by atoms with Crippen molar-refractivity contribution < 1.29 is 9.53 Å². The highest BCUT2D eigenvalue weighted by Gasteiger charge is 2.31. The zero-order chi connectivity index (χ0) is 19.5. The molecule has 1 aromatic carbocycles. The zero-order valence-electron chi connectivity index (χ0n) is 15.9. The second-order valence-corrected chi connectivity index (χ2v) is 8.03. The van der Waals surface area contributed by atoms with Crippen molar-refractivity contribution in [2.45, 2.75) is 43.1 Å². The van der Waals surface area contributed by atoms with E-state index < -0.39 is 0 Å². The average Bonchev–Trinajstić information content (AvgIpc) is 3.49. The van der Waals surface area contributed by atoms with Gasteiger partial charge >= 0.3 is 0 Å². The second kappa shape index (κ2) is 8.14. The zero-order valence-corrected chi connectivity index (χ0v) is 16.7. The average molecular weight is 395 g/mol. The van der Waals surface area contributed by atoms with Crippen molar-refractivity contribution in [3.63, 3.8) is 0 Å². The second-order valence-electron chi connectivity index (χ2n) is 6.72. The Bertz CT molecular complexity index is 952. The lowest BCUT2D eigenvalue weighted by molar-refractivity contribution is 0.0994. The number of aromatic nitrogens is 4. The fraction of sp³-hybridized carbons (Fsp3) is 0.333. The van der Waals surface area contributed by atoms with Crippen molar-refractivity contribution in [2.75, 3.05) is 6.61 Å². The van der Waals surface area contributed by atoms with Crippen molar-refractivity contribution in [2.24, 2.45) is 0 Å². The van der Waals surface area contributed by atoms with Gasteiger partial charge in [-0.25, -0.2) is 0 Å². The maximum Gasteiger partial charge on any atom is 0.192 e. The molecule has 1 aliphatic rings. The Hall–Kier alpha value is -2.67. The van der Waals surface area contributed by atoms with Crippen molar-refractivity contribution >= 4 is 17.5 Å². The molecule has 1 saturated carbocycles. The predicted molar refractivity (Wildman–Crippen MR) is 109 cm³/mol. The lowest BCUT2D eigenvalue weighted by atomic mass is 10.1. The molecule has 0 bridgehead atoms. The summed E-state index contributed by atoms with van der Waals surface area (Å²) in [4.78, 5) is 16.9. The van der Waals surface area contributed by atoms with Crippen molar-refractivity contribution in [1.82, 2.24) is 19.7 Å². The van der Waals surface area contributed by atoms with Crippen LogP contribution in [0.15, 0.2) is 53.9 Å². The van der Waals surface area contributed by atoms with Gasteiger partial charge in [-0.1, -0.05) is 11.8 Å². The number of hydrogen-bond acceptors (Lipinski definition) is 6. The van der Waals surface area contributed by atoms with Crippen LogP contribution in [0.2, 0.25) is 0 Å². The van der Waals surface area contributed by atoms with Gasteiger partial charge < -0.3 is 4.74 Å². The summed E-state index contributed by atoms with van der Waals surface area (Å²) in [6, 6.07) is 11.6. The normalized spacial score (nSPS) is 14.6. The van der Waals surface area contributed by atoms with E-state index in [1.165, 1.54) is 11.8 Å². The van der Waals surface area contributed by atoms with Crippen molar-refractivity contribution in [3.8, 4) is 17.1 Å². The highest BCUT2D eigenvalue weighted by Crippen LogP contribution is 2.41. The minimum atomic E-state index is -0.259. The Kier molecular flexibility index (Phi) is 5.43. The first-order valence-electron chi connectivity index (χ1n) is 9.46. The van der Waals surface area contributed by atoms with Crippen LogP contribution in [0.5, 0.6) is 5.75 Å². The van der Waals surface area contributed by atoms with Gasteiger partial charge in [0.1, 0.15) is 5.75 Å². The first-order chi connectivity index (χ1) is 13.7. The molecule has 1 fully saturated rings. The summed E-state index contributed by atoms with van der Waals surface area (Å²) in [5.74, 6) is 1.69. The van der Waals surface area contributed by atoms with Gasteiger partial charge in [0.2, 0.25) is 0 Å². The number of hydrogen-bond donors (Lipinski definition) is 0. The fourth-order valence-electron chi connectivity index (χ4n) is 3.05. The monoisotopic (exact) mass is 394 g/mol. The minimum absolute atomic E-state index is 0.0730.